The molecule has 1 aliphatic rings. The average molecular weight is 374 g/mol. The summed E-state index contributed by atoms with van der Waals surface area (Å²) in [7, 11) is -3.34. The second kappa shape index (κ2) is 6.99. The number of carbonyl (C=O) groups excluding carboxylic acids is 1. The van der Waals surface area contributed by atoms with Gasteiger partial charge in [-0.05, 0) is 56.2 Å². The average Bonchev–Trinajstić information content (AvgIpc) is 2.91. The summed E-state index contributed by atoms with van der Waals surface area (Å²) in [6, 6.07) is 12.2. The number of nitrogens with zero attached hydrogens (tertiary/aromatic N) is 1. The molecule has 0 bridgehead atoms. The second-order valence-corrected chi connectivity index (χ2v) is 8.20. The molecule has 0 aliphatic carbocycles. The number of ether oxygens (including phenoxy) is 1. The molecule has 0 unspecified atom stereocenters. The third-order valence-electron chi connectivity index (χ3n) is 4.29. The Morgan fingerprint density at radius 2 is 2.00 bits per heavy atom. The highest BCUT2D eigenvalue weighted by Gasteiger charge is 2.32. The van der Waals surface area contributed by atoms with E-state index < -0.39 is 10.0 Å². The largest absolute Gasteiger partial charge is 0.492 e. The lowest BCUT2D eigenvalue weighted by molar-refractivity contribution is 0.102. The number of fused-ring (bicyclic) bond motifs is 1. The van der Waals surface area contributed by atoms with Crippen LogP contribution in [-0.4, -0.2) is 33.2 Å². The van der Waals surface area contributed by atoms with Gasteiger partial charge in [-0.15, -0.1) is 0 Å². The molecule has 6 nitrogen and oxygen atoms in total. The quantitative estimate of drug-likeness (QED) is 0.873. The van der Waals surface area contributed by atoms with E-state index in [-0.39, 0.29) is 11.9 Å². The maximum atomic E-state index is 12.6. The SMILES string of the molecule is CCOc1ccccc1NC(=O)c1ccc2c(c1)C[C@H](C)N2S(C)(=O)=O. The lowest BCUT2D eigenvalue weighted by Gasteiger charge is -2.21. The molecule has 7 heteroatoms. The topological polar surface area (TPSA) is 75.7 Å². The van der Waals surface area contributed by atoms with Gasteiger partial charge in [-0.2, -0.15) is 0 Å². The maximum absolute atomic E-state index is 12.6. The number of rotatable bonds is 5. The minimum atomic E-state index is -3.34. The molecule has 26 heavy (non-hydrogen) atoms. The number of para-hydroxylation sites is 2. The number of amides is 1. The van der Waals surface area contributed by atoms with E-state index in [0.717, 1.165) is 5.56 Å². The van der Waals surface area contributed by atoms with Gasteiger partial charge in [-0.25, -0.2) is 8.42 Å². The van der Waals surface area contributed by atoms with Crippen molar-refractivity contribution in [1.82, 2.24) is 0 Å². The normalized spacial score (nSPS) is 16.3. The van der Waals surface area contributed by atoms with E-state index in [2.05, 4.69) is 5.32 Å². The smallest absolute Gasteiger partial charge is 0.255 e. The van der Waals surface area contributed by atoms with Crippen molar-refractivity contribution in [2.24, 2.45) is 0 Å². The summed E-state index contributed by atoms with van der Waals surface area (Å²) >= 11 is 0. The van der Waals surface area contributed by atoms with Crippen LogP contribution in [0.15, 0.2) is 42.5 Å². The van der Waals surface area contributed by atoms with Gasteiger partial charge in [0.05, 0.1) is 24.2 Å². The number of hydrogen-bond acceptors (Lipinski definition) is 4. The summed E-state index contributed by atoms with van der Waals surface area (Å²) in [6.45, 7) is 4.25. The third-order valence-corrected chi connectivity index (χ3v) is 5.56. The summed E-state index contributed by atoms with van der Waals surface area (Å²) in [5.74, 6) is 0.354. The maximum Gasteiger partial charge on any atom is 0.255 e. The zero-order valence-electron chi connectivity index (χ0n) is 15.0. The van der Waals surface area contributed by atoms with E-state index in [0.29, 0.717) is 35.7 Å². The second-order valence-electron chi connectivity index (χ2n) is 6.34. The molecule has 1 amide bonds. The van der Waals surface area contributed by atoms with E-state index in [9.17, 15) is 13.2 Å². The molecule has 1 heterocycles. The van der Waals surface area contributed by atoms with Crippen molar-refractivity contribution < 1.29 is 17.9 Å². The zero-order valence-corrected chi connectivity index (χ0v) is 15.8. The van der Waals surface area contributed by atoms with Crippen LogP contribution < -0.4 is 14.4 Å². The Hall–Kier alpha value is -2.54. The van der Waals surface area contributed by atoms with Crippen molar-refractivity contribution in [2.75, 3.05) is 22.5 Å². The van der Waals surface area contributed by atoms with Crippen LogP contribution in [0.25, 0.3) is 0 Å². The molecule has 3 rings (SSSR count). The van der Waals surface area contributed by atoms with Crippen LogP contribution in [0.1, 0.15) is 29.8 Å². The molecule has 0 spiro atoms. The van der Waals surface area contributed by atoms with Crippen molar-refractivity contribution in [3.8, 4) is 5.75 Å². The van der Waals surface area contributed by atoms with Gasteiger partial charge in [0.2, 0.25) is 10.0 Å². The Labute approximate surface area is 153 Å². The van der Waals surface area contributed by atoms with Gasteiger partial charge in [0, 0.05) is 11.6 Å². The van der Waals surface area contributed by atoms with Crippen LogP contribution >= 0.6 is 0 Å². The first-order chi connectivity index (χ1) is 12.3. The first kappa shape index (κ1) is 18.3. The van der Waals surface area contributed by atoms with Crippen LogP contribution in [0.2, 0.25) is 0 Å². The summed E-state index contributed by atoms with van der Waals surface area (Å²) in [4.78, 5) is 12.6. The Morgan fingerprint density at radius 1 is 1.27 bits per heavy atom. The van der Waals surface area contributed by atoms with E-state index in [1.54, 1.807) is 30.3 Å². The number of hydrogen-bond donors (Lipinski definition) is 1. The van der Waals surface area contributed by atoms with E-state index >= 15 is 0 Å². The van der Waals surface area contributed by atoms with Crippen molar-refractivity contribution in [3.63, 3.8) is 0 Å². The fourth-order valence-corrected chi connectivity index (χ4v) is 4.56. The number of carbonyl (C=O) groups is 1. The van der Waals surface area contributed by atoms with Gasteiger partial charge < -0.3 is 10.1 Å². The Balaban J connectivity index is 1.86. The predicted octanol–water partition coefficient (Wildman–Crippen LogP) is 3.05. The number of anilines is 2. The molecule has 1 aliphatic heterocycles. The molecule has 0 fully saturated rings. The lowest BCUT2D eigenvalue weighted by Crippen LogP contribution is -2.34. The number of nitrogens with one attached hydrogen (secondary N) is 1. The third kappa shape index (κ3) is 3.53. The molecular weight excluding hydrogens is 352 g/mol. The molecule has 0 aromatic heterocycles. The van der Waals surface area contributed by atoms with Crippen molar-refractivity contribution in [1.29, 1.82) is 0 Å². The Kier molecular flexibility index (Phi) is 4.91. The van der Waals surface area contributed by atoms with Crippen molar-refractivity contribution in [2.45, 2.75) is 26.3 Å². The molecule has 1 N–H and O–H groups in total. The van der Waals surface area contributed by atoms with Crippen LogP contribution in [0.3, 0.4) is 0 Å². The summed E-state index contributed by atoms with van der Waals surface area (Å²) < 4.78 is 30.9. The van der Waals surface area contributed by atoms with E-state index in [1.165, 1.54) is 10.6 Å². The fraction of sp³-hybridized carbons (Fsp3) is 0.316. The molecule has 0 saturated carbocycles. The van der Waals surface area contributed by atoms with Crippen LogP contribution in [0.4, 0.5) is 11.4 Å². The molecule has 2 aromatic carbocycles. The highest BCUT2D eigenvalue weighted by molar-refractivity contribution is 7.92. The van der Waals surface area contributed by atoms with Crippen LogP contribution in [0.5, 0.6) is 5.75 Å². The van der Waals surface area contributed by atoms with Crippen molar-refractivity contribution >= 4 is 27.3 Å². The van der Waals surface area contributed by atoms with E-state index in [4.69, 9.17) is 4.74 Å². The first-order valence-electron chi connectivity index (χ1n) is 8.46. The monoisotopic (exact) mass is 374 g/mol. The molecule has 1 atom stereocenters. The van der Waals surface area contributed by atoms with Gasteiger partial charge in [-0.1, -0.05) is 12.1 Å². The van der Waals surface area contributed by atoms with Gasteiger partial charge in [0.25, 0.3) is 5.91 Å². The molecular formula is C19H22N2O4S. The molecule has 0 saturated heterocycles. The zero-order chi connectivity index (χ0) is 18.9. The van der Waals surface area contributed by atoms with Crippen LogP contribution in [0, 0.1) is 0 Å². The Bertz CT molecular complexity index is 940. The van der Waals surface area contributed by atoms with Gasteiger partial charge >= 0.3 is 0 Å². The standard InChI is InChI=1S/C19H22N2O4S/c1-4-25-18-8-6-5-7-16(18)20-19(22)14-9-10-17-15(12-14)11-13(2)21(17)26(3,23)24/h5-10,12-13H,4,11H2,1-3H3,(H,20,22)/t13-/m0/s1. The van der Waals surface area contributed by atoms with Crippen LogP contribution in [-0.2, 0) is 16.4 Å². The Morgan fingerprint density at radius 3 is 2.69 bits per heavy atom. The molecule has 0 radical (unpaired) electrons. The minimum Gasteiger partial charge on any atom is -0.492 e. The van der Waals surface area contributed by atoms with Gasteiger partial charge in [0.15, 0.2) is 0 Å². The molecule has 138 valence electrons. The minimum absolute atomic E-state index is 0.156. The predicted molar refractivity (Wildman–Crippen MR) is 102 cm³/mol. The highest BCUT2D eigenvalue weighted by Crippen LogP contribution is 2.35. The van der Waals surface area contributed by atoms with Gasteiger partial charge in [0.1, 0.15) is 5.75 Å². The number of benzene rings is 2. The summed E-state index contributed by atoms with van der Waals surface area (Å²) in [6.07, 6.45) is 1.78. The van der Waals surface area contributed by atoms with Gasteiger partial charge in [-0.3, -0.25) is 9.10 Å². The number of sulfonamides is 1. The summed E-state index contributed by atoms with van der Waals surface area (Å²) in [5, 5.41) is 2.86. The lowest BCUT2D eigenvalue weighted by atomic mass is 10.1. The molecule has 2 aromatic rings. The van der Waals surface area contributed by atoms with Crippen molar-refractivity contribution in [3.05, 3.63) is 53.6 Å². The summed E-state index contributed by atoms with van der Waals surface area (Å²) in [5.41, 5.74) is 2.59. The highest BCUT2D eigenvalue weighted by atomic mass is 32.2. The first-order valence-corrected chi connectivity index (χ1v) is 10.3. The van der Waals surface area contributed by atoms with E-state index in [1.807, 2.05) is 26.0 Å². The fourth-order valence-electron chi connectivity index (χ4n) is 3.30.